The van der Waals surface area contributed by atoms with Crippen LogP contribution in [0.4, 0.5) is 50.9 Å². The van der Waals surface area contributed by atoms with E-state index in [1.165, 1.54) is 6.92 Å². The van der Waals surface area contributed by atoms with Crippen LogP contribution in [0.15, 0.2) is 33.2 Å². The van der Waals surface area contributed by atoms with E-state index in [0.717, 1.165) is 93.9 Å². The van der Waals surface area contributed by atoms with Gasteiger partial charge in [-0.05, 0) is 105 Å². The standard InChI is InChI=1S/C35H50Br2N4O4.C4H8O2.3CHF3O3S.H2O.Tm/c1-5-24-20-28(36)21-25(6-2)32(24)38-34(42)30-14-9-11-16-40(30,44)18-13-19-41(45)17-12-10-15-31(41)35(43)39-33-26(7-3)22-29(37)23-27(33)8-4;1-3-6-4(2)5;3*2-1(3,4)8(5,6)7;;/h20-23,30-31H,5-19H2,1-4H3,(H,38,42)(H,39,43);3H2,1-2H3;3*(H,5,6,7);1H2;/q;;;;;;+3/p-2/t30-,31-,40+,41+;;;;;;/m1....../s1. The van der Waals surface area contributed by atoms with Crippen molar-refractivity contribution in [2.24, 2.45) is 0 Å². The number of benzene rings is 2. The van der Waals surface area contributed by atoms with Crippen molar-refractivity contribution in [2.75, 3.05) is 43.4 Å². The molecule has 452 valence electrons. The summed E-state index contributed by atoms with van der Waals surface area (Å²) in [7, 11) is -18.3. The summed E-state index contributed by atoms with van der Waals surface area (Å²) < 4.78 is 182. The van der Waals surface area contributed by atoms with E-state index in [-0.39, 0.29) is 73.2 Å². The van der Waals surface area contributed by atoms with Crippen LogP contribution in [0.25, 0.3) is 0 Å². The normalized spacial score (nSPS) is 19.7. The molecule has 2 heterocycles. The predicted octanol–water partition coefficient (Wildman–Crippen LogP) is 7.96. The summed E-state index contributed by atoms with van der Waals surface area (Å²) in [5.74, 6) is -0.672. The minimum Gasteiger partial charge on any atom is -0.741 e. The van der Waals surface area contributed by atoms with Crippen LogP contribution in [0.1, 0.15) is 109 Å². The minimum absolute atomic E-state index is 0. The van der Waals surface area contributed by atoms with Gasteiger partial charge in [-0.1, -0.05) is 59.6 Å². The molecule has 77 heavy (non-hydrogen) atoms. The van der Waals surface area contributed by atoms with E-state index in [4.69, 9.17) is 38.9 Å². The van der Waals surface area contributed by atoms with Gasteiger partial charge >= 0.3 is 59.4 Å². The minimum atomic E-state index is -6.09. The Hall–Kier alpha value is -2.06. The van der Waals surface area contributed by atoms with Crippen LogP contribution < -0.4 is 10.6 Å². The Kier molecular flexibility index (Phi) is 34.7. The zero-order valence-electron chi connectivity index (χ0n) is 42.0. The van der Waals surface area contributed by atoms with Crippen LogP contribution in [0, 0.1) is 47.3 Å². The average Bonchev–Trinajstić information content (AvgIpc) is 3.26. The van der Waals surface area contributed by atoms with Crippen molar-refractivity contribution in [3.8, 4) is 0 Å². The maximum atomic E-state index is 14.3. The van der Waals surface area contributed by atoms with E-state index in [0.29, 0.717) is 39.0 Å². The molecule has 2 aliphatic heterocycles. The summed E-state index contributed by atoms with van der Waals surface area (Å²) >= 11 is 7.16. The monoisotopic (exact) mass is 1470 g/mol. The molecule has 4 atom stereocenters. The molecule has 4 rings (SSSR count). The summed E-state index contributed by atoms with van der Waals surface area (Å²) in [6.07, 6.45) is 7.71. The summed E-state index contributed by atoms with van der Waals surface area (Å²) in [5.41, 5.74) is -11.1. The Morgan fingerprint density at radius 2 is 0.831 bits per heavy atom. The van der Waals surface area contributed by atoms with E-state index in [9.17, 15) is 64.3 Å². The summed E-state index contributed by atoms with van der Waals surface area (Å²) in [5, 5.41) is 34.9. The number of likely N-dealkylation sites (tertiary alicyclic amines) is 2. The molecular weight excluding hydrogens is 1410 g/mol. The number of ether oxygens (including phenoxy) is 1. The van der Waals surface area contributed by atoms with Gasteiger partial charge in [-0.25, -0.2) is 25.3 Å². The largest absolute Gasteiger partial charge is 3.00 e. The average molecular weight is 1470 g/mol. The van der Waals surface area contributed by atoms with E-state index in [1.807, 2.05) is 24.3 Å². The van der Waals surface area contributed by atoms with Crippen LogP contribution in [0.2, 0.25) is 0 Å². The number of rotatable bonds is 13. The molecule has 2 amide bonds. The molecule has 2 aromatic carbocycles. The fourth-order valence-electron chi connectivity index (χ4n) is 7.55. The fourth-order valence-corrected chi connectivity index (χ4v) is 8.66. The first kappa shape index (κ1) is 79.2. The van der Waals surface area contributed by atoms with Gasteiger partial charge in [0, 0.05) is 46.5 Å². The molecule has 20 nitrogen and oxygen atoms in total. The molecule has 5 N–H and O–H groups in total. The fraction of sp³-hybridized carbons (Fsp3) is 0.643. The van der Waals surface area contributed by atoms with Crippen LogP contribution in [-0.2, 0) is 80.6 Å². The predicted molar refractivity (Wildman–Crippen MR) is 264 cm³/mol. The number of nitrogens with zero attached hydrogens (tertiary/aromatic N) is 2. The molecule has 0 saturated carbocycles. The second-order valence-electron chi connectivity index (χ2n) is 16.4. The summed E-state index contributed by atoms with van der Waals surface area (Å²) in [6, 6.07) is 6.69. The maximum Gasteiger partial charge on any atom is 3.00 e. The Balaban J connectivity index is -0.00000139. The van der Waals surface area contributed by atoms with Crippen LogP contribution in [0.3, 0.4) is 0 Å². The topological polar surface area (TPSA) is 335 Å². The van der Waals surface area contributed by atoms with Crippen molar-refractivity contribution in [1.29, 1.82) is 0 Å². The van der Waals surface area contributed by atoms with Gasteiger partial charge in [0.05, 0.1) is 32.8 Å². The van der Waals surface area contributed by atoms with Crippen LogP contribution >= 0.6 is 31.9 Å². The summed E-state index contributed by atoms with van der Waals surface area (Å²) in [4.78, 5) is 37.2. The van der Waals surface area contributed by atoms with Crippen LogP contribution in [-0.4, -0.2) is 127 Å². The first-order chi connectivity index (χ1) is 34.0. The smallest absolute Gasteiger partial charge is 0.741 e. The quantitative estimate of drug-likeness (QED) is 0.0365. The molecule has 35 heteroatoms. The Morgan fingerprint density at radius 3 is 1.01 bits per heavy atom. The number of halogens is 11. The van der Waals surface area contributed by atoms with Gasteiger partial charge in [0.2, 0.25) is 0 Å². The first-order valence-corrected chi connectivity index (χ1v) is 28.4. The molecule has 0 spiro atoms. The van der Waals surface area contributed by atoms with Gasteiger partial charge in [0.25, 0.3) is 11.8 Å². The molecule has 0 aromatic heterocycles. The molecule has 0 unspecified atom stereocenters. The number of alkyl halides is 9. The third-order valence-electron chi connectivity index (χ3n) is 11.1. The maximum absolute atomic E-state index is 14.3. The summed E-state index contributed by atoms with van der Waals surface area (Å²) in [6.45, 7) is 13.0. The zero-order chi connectivity index (χ0) is 58.8. The van der Waals surface area contributed by atoms with Gasteiger partial charge in [-0.3, -0.25) is 14.4 Å². The first-order valence-electron chi connectivity index (χ1n) is 22.6. The van der Waals surface area contributed by atoms with E-state index >= 15 is 0 Å². The van der Waals surface area contributed by atoms with Gasteiger partial charge in [0.1, 0.15) is 0 Å². The zero-order valence-corrected chi connectivity index (χ0v) is 49.4. The molecule has 0 bridgehead atoms. The van der Waals surface area contributed by atoms with Gasteiger partial charge in [-0.2, -0.15) is 39.5 Å². The number of esters is 1. The number of nitrogens with one attached hydrogen (secondary N) is 2. The number of piperidine rings is 2. The Labute approximate surface area is 486 Å². The number of carbonyl (C=O) groups excluding carboxylic acids is 3. The third kappa shape index (κ3) is 26.6. The molecule has 2 aromatic rings. The molecule has 2 saturated heterocycles. The van der Waals surface area contributed by atoms with Gasteiger partial charge in [-0.15, -0.1) is 0 Å². The molecule has 0 aliphatic carbocycles. The third-order valence-corrected chi connectivity index (χ3v) is 13.7. The van der Waals surface area contributed by atoms with Crippen molar-refractivity contribution in [3.63, 3.8) is 0 Å². The van der Waals surface area contributed by atoms with E-state index in [2.05, 4.69) is 74.9 Å². The number of hydrogen-bond acceptors (Lipinski definition) is 15. The molecule has 2 fully saturated rings. The van der Waals surface area contributed by atoms with Gasteiger partial charge in [0.15, 0.2) is 42.4 Å². The Bertz CT molecular complexity index is 2320. The van der Waals surface area contributed by atoms with Crippen molar-refractivity contribution in [3.05, 3.63) is 65.9 Å². The molecule has 2 aliphatic rings. The number of quaternary nitrogens is 2. The number of aryl methyl sites for hydroxylation is 4. The second-order valence-corrected chi connectivity index (χ2v) is 22.3. The molecular formula is C42H61Br2F9N4O16S3Tm+. The number of anilines is 2. The van der Waals surface area contributed by atoms with Gasteiger partial charge < -0.3 is 54.2 Å². The van der Waals surface area contributed by atoms with E-state index < -0.39 is 68.3 Å². The molecule has 0 radical (unpaired) electrons. The van der Waals surface area contributed by atoms with Crippen molar-refractivity contribution >= 4 is 91.4 Å². The second kappa shape index (κ2) is 33.8. The number of hydrogen-bond donors (Lipinski definition) is 2. The van der Waals surface area contributed by atoms with Crippen molar-refractivity contribution in [1.82, 2.24) is 0 Å². The van der Waals surface area contributed by atoms with Crippen molar-refractivity contribution < 1.29 is 149 Å². The number of hydroxylamine groups is 6. The Morgan fingerprint density at radius 1 is 0.584 bits per heavy atom. The van der Waals surface area contributed by atoms with E-state index in [1.54, 1.807) is 6.92 Å². The number of carbonyl (C=O) groups is 3. The number of amides is 2. The SMILES string of the molecule is CCOC(C)=O.CCc1cc(Br)cc(CC)c1NC(=O)[C@H]1CCCC[N@+]1([O-])CCC[N@@+]1([O-])CCCC[C@@H]1C(=O)Nc1c(CC)cc(Br)cc1CC.O=S(=O)([O-])C(F)(F)F.O=S(=O)([O-])C(F)(F)F.O=S(=O)([O-])C(F)(F)F.[OH3+].[Tm+3]. The van der Waals surface area contributed by atoms with Crippen LogP contribution in [0.5, 0.6) is 0 Å². The van der Waals surface area contributed by atoms with Crippen molar-refractivity contribution in [2.45, 2.75) is 141 Å².